The van der Waals surface area contributed by atoms with Crippen molar-refractivity contribution in [2.24, 2.45) is 0 Å². The second-order valence-electron chi connectivity index (χ2n) is 4.13. The molecule has 0 aliphatic rings. The van der Waals surface area contributed by atoms with Gasteiger partial charge in [0.25, 0.3) is 10.0 Å². The zero-order valence-corrected chi connectivity index (χ0v) is 13.4. The molecule has 0 aliphatic heterocycles. The predicted molar refractivity (Wildman–Crippen MR) is 84.8 cm³/mol. The third-order valence-electron chi connectivity index (χ3n) is 2.62. The molecule has 2 aromatic rings. The highest BCUT2D eigenvalue weighted by Gasteiger charge is 2.19. The lowest BCUT2D eigenvalue weighted by atomic mass is 10.3. The lowest BCUT2D eigenvalue weighted by Gasteiger charge is -2.10. The Kier molecular flexibility index (Phi) is 5.14. The molecule has 8 heteroatoms. The predicted octanol–water partition coefficient (Wildman–Crippen LogP) is 3.70. The Morgan fingerprint density at radius 3 is 2.45 bits per heavy atom. The molecule has 1 N–H and O–H groups in total. The average Bonchev–Trinajstić information content (AvgIpc) is 2.49. The molecule has 0 amide bonds. The first-order chi connectivity index (χ1) is 10.4. The van der Waals surface area contributed by atoms with Gasteiger partial charge in [-0.15, -0.1) is 0 Å². The van der Waals surface area contributed by atoms with Gasteiger partial charge in [-0.1, -0.05) is 29.3 Å². The first-order valence-corrected chi connectivity index (χ1v) is 8.24. The summed E-state index contributed by atoms with van der Waals surface area (Å²) in [5.41, 5.74) is 0.334. The van der Waals surface area contributed by atoms with Crippen molar-refractivity contribution in [2.75, 3.05) is 11.3 Å². The summed E-state index contributed by atoms with van der Waals surface area (Å²) < 4.78 is 32.1. The molecule has 2 aromatic carbocycles. The van der Waals surface area contributed by atoms with E-state index in [4.69, 9.17) is 33.2 Å². The molecule has 0 heterocycles. The number of nitrogens with one attached hydrogen (secondary N) is 1. The number of nitrogens with zero attached hydrogens (tertiary/aromatic N) is 1. The fourth-order valence-corrected chi connectivity index (χ4v) is 3.46. The fraction of sp³-hybridized carbons (Fsp3) is 0.0714. The van der Waals surface area contributed by atoms with Gasteiger partial charge < -0.3 is 4.74 Å². The smallest absolute Gasteiger partial charge is 0.263 e. The van der Waals surface area contributed by atoms with Gasteiger partial charge in [0.1, 0.15) is 16.7 Å². The first-order valence-electron chi connectivity index (χ1n) is 6.00. The van der Waals surface area contributed by atoms with Crippen LogP contribution in [0.15, 0.2) is 47.4 Å². The van der Waals surface area contributed by atoms with Crippen LogP contribution >= 0.6 is 23.2 Å². The second kappa shape index (κ2) is 6.88. The summed E-state index contributed by atoms with van der Waals surface area (Å²) in [5.74, 6) is 0.463. The van der Waals surface area contributed by atoms with Gasteiger partial charge in [0.05, 0.1) is 10.0 Å². The molecule has 0 atom stereocenters. The maximum absolute atomic E-state index is 12.3. The van der Waals surface area contributed by atoms with Crippen molar-refractivity contribution < 1.29 is 13.2 Å². The van der Waals surface area contributed by atoms with Crippen LogP contribution in [0.25, 0.3) is 0 Å². The van der Waals surface area contributed by atoms with E-state index in [0.717, 1.165) is 0 Å². The lowest BCUT2D eigenvalue weighted by Crippen LogP contribution is -2.13. The second-order valence-corrected chi connectivity index (χ2v) is 6.56. The highest BCUT2D eigenvalue weighted by Crippen LogP contribution is 2.30. The Balaban J connectivity index is 2.22. The maximum atomic E-state index is 12.3. The number of hydrogen-bond acceptors (Lipinski definition) is 4. The largest absolute Gasteiger partial charge is 0.479 e. The molecule has 2 rings (SSSR count). The molecular formula is C14H10Cl2N2O3S. The van der Waals surface area contributed by atoms with E-state index < -0.39 is 10.0 Å². The minimum Gasteiger partial charge on any atom is -0.479 e. The molecule has 0 fully saturated rings. The van der Waals surface area contributed by atoms with Crippen LogP contribution in [0.3, 0.4) is 0 Å². The summed E-state index contributed by atoms with van der Waals surface area (Å²) in [6.45, 7) is -0.0802. The Bertz CT molecular complexity index is 815. The summed E-state index contributed by atoms with van der Waals surface area (Å²) in [7, 11) is -3.86. The zero-order chi connectivity index (χ0) is 16.2. The average molecular weight is 357 g/mol. The van der Waals surface area contributed by atoms with Gasteiger partial charge in [-0.25, -0.2) is 8.42 Å². The van der Waals surface area contributed by atoms with Gasteiger partial charge in [0, 0.05) is 5.69 Å². The Morgan fingerprint density at radius 2 is 1.82 bits per heavy atom. The number of rotatable bonds is 5. The molecule has 0 spiro atoms. The van der Waals surface area contributed by atoms with E-state index in [2.05, 4.69) is 4.72 Å². The molecular weight excluding hydrogens is 347 g/mol. The zero-order valence-electron chi connectivity index (χ0n) is 11.1. The molecule has 0 radical (unpaired) electrons. The molecule has 0 aromatic heterocycles. The van der Waals surface area contributed by atoms with Gasteiger partial charge in [-0.3, -0.25) is 4.72 Å². The summed E-state index contributed by atoms with van der Waals surface area (Å²) in [5, 5.41) is 8.54. The van der Waals surface area contributed by atoms with Gasteiger partial charge in [0.15, 0.2) is 6.61 Å². The number of nitriles is 1. The topological polar surface area (TPSA) is 79.2 Å². The van der Waals surface area contributed by atoms with Crippen LogP contribution < -0.4 is 9.46 Å². The van der Waals surface area contributed by atoms with E-state index in [-0.39, 0.29) is 21.5 Å². The van der Waals surface area contributed by atoms with E-state index in [1.54, 1.807) is 12.1 Å². The van der Waals surface area contributed by atoms with Crippen LogP contribution in [0, 0.1) is 11.3 Å². The van der Waals surface area contributed by atoms with Crippen molar-refractivity contribution >= 4 is 38.9 Å². The number of ether oxygens (including phenoxy) is 1. The number of halogens is 2. The molecule has 0 aliphatic carbocycles. The van der Waals surface area contributed by atoms with E-state index in [1.165, 1.54) is 30.3 Å². The summed E-state index contributed by atoms with van der Waals surface area (Å²) in [6.07, 6.45) is 0. The maximum Gasteiger partial charge on any atom is 0.263 e. The van der Waals surface area contributed by atoms with Crippen LogP contribution in [0.1, 0.15) is 0 Å². The molecule has 0 unspecified atom stereocenters. The van der Waals surface area contributed by atoms with Gasteiger partial charge in [-0.2, -0.15) is 5.26 Å². The molecule has 5 nitrogen and oxygen atoms in total. The molecule has 0 saturated carbocycles. The number of benzene rings is 2. The molecule has 22 heavy (non-hydrogen) atoms. The molecule has 0 saturated heterocycles. The van der Waals surface area contributed by atoms with Crippen molar-refractivity contribution in [3.63, 3.8) is 0 Å². The van der Waals surface area contributed by atoms with Crippen LogP contribution in [0.5, 0.6) is 5.75 Å². The van der Waals surface area contributed by atoms with Crippen molar-refractivity contribution in [1.82, 2.24) is 0 Å². The summed E-state index contributed by atoms with van der Waals surface area (Å²) >= 11 is 11.7. The van der Waals surface area contributed by atoms with Crippen molar-refractivity contribution in [1.29, 1.82) is 5.26 Å². The van der Waals surface area contributed by atoms with Crippen LogP contribution in [0.4, 0.5) is 5.69 Å². The first kappa shape index (κ1) is 16.4. The highest BCUT2D eigenvalue weighted by molar-refractivity contribution is 7.92. The molecule has 114 valence electrons. The van der Waals surface area contributed by atoms with Crippen LogP contribution in [-0.2, 0) is 10.0 Å². The van der Waals surface area contributed by atoms with E-state index >= 15 is 0 Å². The van der Waals surface area contributed by atoms with Gasteiger partial charge in [-0.05, 0) is 36.4 Å². The Hall–Kier alpha value is -1.94. The van der Waals surface area contributed by atoms with Crippen molar-refractivity contribution in [3.05, 3.63) is 52.5 Å². The van der Waals surface area contributed by atoms with Crippen LogP contribution in [-0.4, -0.2) is 15.0 Å². The normalized spacial score (nSPS) is 10.8. The van der Waals surface area contributed by atoms with E-state index in [0.29, 0.717) is 11.4 Å². The molecule has 0 bridgehead atoms. The SMILES string of the molecule is N#CCOc1ccc(NS(=O)(=O)c2cccc(Cl)c2Cl)cc1. The standard InChI is InChI=1S/C14H10Cl2N2O3S/c15-12-2-1-3-13(14(12)16)22(19,20)18-10-4-6-11(7-5-10)21-9-8-17/h1-7,18H,9H2. The number of anilines is 1. The number of sulfonamides is 1. The van der Waals surface area contributed by atoms with Crippen molar-refractivity contribution in [2.45, 2.75) is 4.90 Å². The summed E-state index contributed by atoms with van der Waals surface area (Å²) in [6, 6.07) is 12.3. The minimum absolute atomic E-state index is 0.0364. The third kappa shape index (κ3) is 3.83. The lowest BCUT2D eigenvalue weighted by molar-refractivity contribution is 0.368. The monoisotopic (exact) mass is 356 g/mol. The van der Waals surface area contributed by atoms with Gasteiger partial charge >= 0.3 is 0 Å². The van der Waals surface area contributed by atoms with Crippen molar-refractivity contribution in [3.8, 4) is 11.8 Å². The van der Waals surface area contributed by atoms with Crippen LogP contribution in [0.2, 0.25) is 10.0 Å². The Morgan fingerprint density at radius 1 is 1.14 bits per heavy atom. The minimum atomic E-state index is -3.86. The number of hydrogen-bond donors (Lipinski definition) is 1. The quantitative estimate of drug-likeness (QED) is 0.885. The Labute approximate surface area is 138 Å². The highest BCUT2D eigenvalue weighted by atomic mass is 35.5. The van der Waals surface area contributed by atoms with E-state index in [9.17, 15) is 8.42 Å². The summed E-state index contributed by atoms with van der Waals surface area (Å²) in [4.78, 5) is -0.105. The van der Waals surface area contributed by atoms with Gasteiger partial charge in [0.2, 0.25) is 0 Å². The fourth-order valence-electron chi connectivity index (χ4n) is 1.64. The third-order valence-corrected chi connectivity index (χ3v) is 4.97. The van der Waals surface area contributed by atoms with E-state index in [1.807, 2.05) is 6.07 Å².